The highest BCUT2D eigenvalue weighted by Crippen LogP contribution is 2.42. The number of amides is 1. The summed E-state index contributed by atoms with van der Waals surface area (Å²) in [6.07, 6.45) is 5.11. The lowest BCUT2D eigenvalue weighted by Crippen LogP contribution is -2.37. The molecule has 2 heterocycles. The first-order valence-electron chi connectivity index (χ1n) is 9.37. The number of benzene rings is 1. The largest absolute Gasteiger partial charge is 0.493 e. The van der Waals surface area contributed by atoms with Crippen LogP contribution >= 0.6 is 0 Å². The molecule has 27 heavy (non-hydrogen) atoms. The van der Waals surface area contributed by atoms with Crippen molar-refractivity contribution >= 4 is 11.6 Å². The lowest BCUT2D eigenvalue weighted by molar-refractivity contribution is -0.117. The van der Waals surface area contributed by atoms with Crippen LogP contribution in [0.4, 0.5) is 5.69 Å². The van der Waals surface area contributed by atoms with Gasteiger partial charge in [0, 0.05) is 32.3 Å². The van der Waals surface area contributed by atoms with Gasteiger partial charge in [-0.05, 0) is 42.5 Å². The standard InChI is InChI=1S/C20H26N4O3/c1-23-11-16(20(22-23)13-4-5-13)21-19(25)12-24-7-6-14-8-17(26-2)18(27-3)9-15(14)10-24/h8-9,11,13H,4-7,10,12H2,1-3H3,(H,21,25). The van der Waals surface area contributed by atoms with Crippen molar-refractivity contribution in [2.24, 2.45) is 7.05 Å². The fourth-order valence-electron chi connectivity index (χ4n) is 3.73. The average Bonchev–Trinajstić information content (AvgIpc) is 3.43. The fourth-order valence-corrected chi connectivity index (χ4v) is 3.73. The molecule has 1 aromatic heterocycles. The summed E-state index contributed by atoms with van der Waals surface area (Å²) in [5.41, 5.74) is 4.32. The number of hydrogen-bond acceptors (Lipinski definition) is 5. The summed E-state index contributed by atoms with van der Waals surface area (Å²) in [7, 11) is 5.19. The monoisotopic (exact) mass is 370 g/mol. The summed E-state index contributed by atoms with van der Waals surface area (Å²) < 4.78 is 12.6. The first-order valence-corrected chi connectivity index (χ1v) is 9.37. The molecule has 1 aliphatic heterocycles. The number of methoxy groups -OCH3 is 2. The van der Waals surface area contributed by atoms with E-state index in [2.05, 4.69) is 15.3 Å². The van der Waals surface area contributed by atoms with Gasteiger partial charge < -0.3 is 14.8 Å². The van der Waals surface area contributed by atoms with E-state index in [1.165, 1.54) is 11.1 Å². The van der Waals surface area contributed by atoms with E-state index >= 15 is 0 Å². The second kappa shape index (κ2) is 7.23. The minimum absolute atomic E-state index is 0.00817. The van der Waals surface area contributed by atoms with Crippen LogP contribution in [-0.2, 0) is 24.8 Å². The lowest BCUT2D eigenvalue weighted by atomic mass is 9.99. The number of aromatic nitrogens is 2. The number of rotatable bonds is 6. The van der Waals surface area contributed by atoms with E-state index in [0.717, 1.165) is 55.2 Å². The Morgan fingerprint density at radius 2 is 1.93 bits per heavy atom. The number of aryl methyl sites for hydroxylation is 1. The van der Waals surface area contributed by atoms with Gasteiger partial charge in [0.2, 0.25) is 5.91 Å². The highest BCUT2D eigenvalue weighted by Gasteiger charge is 2.30. The van der Waals surface area contributed by atoms with Gasteiger partial charge in [-0.2, -0.15) is 5.10 Å². The highest BCUT2D eigenvalue weighted by atomic mass is 16.5. The first kappa shape index (κ1) is 17.9. The number of nitrogens with zero attached hydrogens (tertiary/aromatic N) is 3. The average molecular weight is 370 g/mol. The quantitative estimate of drug-likeness (QED) is 0.845. The number of anilines is 1. The number of hydrogen-bond donors (Lipinski definition) is 1. The van der Waals surface area contributed by atoms with Crippen LogP contribution < -0.4 is 14.8 Å². The van der Waals surface area contributed by atoms with E-state index in [0.29, 0.717) is 12.5 Å². The summed E-state index contributed by atoms with van der Waals surface area (Å²) in [4.78, 5) is 14.7. The molecule has 0 bridgehead atoms. The molecule has 0 spiro atoms. The van der Waals surface area contributed by atoms with Crippen LogP contribution in [-0.4, -0.2) is 47.9 Å². The number of fused-ring (bicyclic) bond motifs is 1. The van der Waals surface area contributed by atoms with Gasteiger partial charge in [0.25, 0.3) is 0 Å². The van der Waals surface area contributed by atoms with E-state index in [-0.39, 0.29) is 5.91 Å². The third kappa shape index (κ3) is 3.78. The van der Waals surface area contributed by atoms with Crippen LogP contribution in [0.1, 0.15) is 35.6 Å². The third-order valence-corrected chi connectivity index (χ3v) is 5.26. The molecule has 2 aromatic rings. The Morgan fingerprint density at radius 1 is 1.22 bits per heavy atom. The maximum atomic E-state index is 12.6. The minimum Gasteiger partial charge on any atom is -0.493 e. The van der Waals surface area contributed by atoms with E-state index in [1.54, 1.807) is 18.9 Å². The molecule has 7 heteroatoms. The van der Waals surface area contributed by atoms with Crippen LogP contribution in [0.5, 0.6) is 11.5 Å². The molecule has 4 rings (SSSR count). The summed E-state index contributed by atoms with van der Waals surface area (Å²) in [5, 5.41) is 7.56. The molecule has 1 aliphatic carbocycles. The predicted octanol–water partition coefficient (Wildman–Crippen LogP) is 2.31. The molecule has 1 amide bonds. The molecule has 144 valence electrons. The first-order chi connectivity index (χ1) is 13.1. The zero-order valence-corrected chi connectivity index (χ0v) is 16.1. The Labute approximate surface area is 159 Å². The van der Waals surface area contributed by atoms with Gasteiger partial charge in [-0.3, -0.25) is 14.4 Å². The molecule has 0 unspecified atom stereocenters. The van der Waals surface area contributed by atoms with Crippen molar-refractivity contribution in [1.29, 1.82) is 0 Å². The van der Waals surface area contributed by atoms with E-state index in [9.17, 15) is 4.79 Å². The summed E-state index contributed by atoms with van der Waals surface area (Å²) in [6, 6.07) is 4.06. The van der Waals surface area contributed by atoms with Gasteiger partial charge in [0.15, 0.2) is 11.5 Å². The second-order valence-electron chi connectivity index (χ2n) is 7.36. The van der Waals surface area contributed by atoms with Gasteiger partial charge in [-0.15, -0.1) is 0 Å². The molecule has 1 fully saturated rings. The molecule has 0 radical (unpaired) electrons. The van der Waals surface area contributed by atoms with Crippen molar-refractivity contribution in [3.63, 3.8) is 0 Å². The fraction of sp³-hybridized carbons (Fsp3) is 0.500. The third-order valence-electron chi connectivity index (χ3n) is 5.26. The minimum atomic E-state index is 0.00817. The Morgan fingerprint density at radius 3 is 2.59 bits per heavy atom. The van der Waals surface area contributed by atoms with Gasteiger partial charge in [0.1, 0.15) is 0 Å². The predicted molar refractivity (Wildman–Crippen MR) is 102 cm³/mol. The summed E-state index contributed by atoms with van der Waals surface area (Å²) in [6.45, 7) is 1.94. The van der Waals surface area contributed by atoms with Gasteiger partial charge in [0.05, 0.1) is 32.1 Å². The number of carbonyl (C=O) groups excluding carboxylic acids is 1. The van der Waals surface area contributed by atoms with E-state index < -0.39 is 0 Å². The normalized spacial score (nSPS) is 16.7. The molecular formula is C20H26N4O3. The molecule has 2 aliphatic rings. The highest BCUT2D eigenvalue weighted by molar-refractivity contribution is 5.92. The van der Waals surface area contributed by atoms with Crippen molar-refractivity contribution in [2.75, 3.05) is 32.6 Å². The maximum Gasteiger partial charge on any atom is 0.238 e. The molecular weight excluding hydrogens is 344 g/mol. The van der Waals surface area contributed by atoms with E-state index in [4.69, 9.17) is 9.47 Å². The number of nitrogens with one attached hydrogen (secondary N) is 1. The molecule has 7 nitrogen and oxygen atoms in total. The summed E-state index contributed by atoms with van der Waals surface area (Å²) in [5.74, 6) is 2.00. The molecule has 0 atom stereocenters. The lowest BCUT2D eigenvalue weighted by Gasteiger charge is -2.29. The Bertz CT molecular complexity index is 857. The van der Waals surface area contributed by atoms with Crippen molar-refractivity contribution in [3.8, 4) is 11.5 Å². The Kier molecular flexibility index (Phi) is 4.78. The Hall–Kier alpha value is -2.54. The maximum absolute atomic E-state index is 12.6. The SMILES string of the molecule is COc1cc2c(cc1OC)CN(CC(=O)Nc1cn(C)nc1C1CC1)CC2. The van der Waals surface area contributed by atoms with Crippen LogP contribution in [0.2, 0.25) is 0 Å². The van der Waals surface area contributed by atoms with E-state index in [1.807, 2.05) is 25.4 Å². The van der Waals surface area contributed by atoms with Gasteiger partial charge >= 0.3 is 0 Å². The van der Waals surface area contributed by atoms with Gasteiger partial charge in [-0.25, -0.2) is 0 Å². The van der Waals surface area contributed by atoms with Crippen molar-refractivity contribution in [1.82, 2.24) is 14.7 Å². The molecule has 1 N–H and O–H groups in total. The van der Waals surface area contributed by atoms with Gasteiger partial charge in [-0.1, -0.05) is 0 Å². The van der Waals surface area contributed by atoms with Crippen LogP contribution in [0.25, 0.3) is 0 Å². The number of ether oxygens (including phenoxy) is 2. The van der Waals surface area contributed by atoms with Crippen molar-refractivity contribution < 1.29 is 14.3 Å². The molecule has 1 saturated carbocycles. The smallest absolute Gasteiger partial charge is 0.238 e. The van der Waals surface area contributed by atoms with Crippen LogP contribution in [0.15, 0.2) is 18.3 Å². The van der Waals surface area contributed by atoms with Crippen LogP contribution in [0, 0.1) is 0 Å². The zero-order chi connectivity index (χ0) is 19.0. The van der Waals surface area contributed by atoms with Crippen molar-refractivity contribution in [3.05, 3.63) is 35.2 Å². The second-order valence-corrected chi connectivity index (χ2v) is 7.36. The molecule has 1 aromatic carbocycles. The topological polar surface area (TPSA) is 68.6 Å². The number of carbonyl (C=O) groups is 1. The van der Waals surface area contributed by atoms with Crippen LogP contribution in [0.3, 0.4) is 0 Å². The van der Waals surface area contributed by atoms with Crippen molar-refractivity contribution in [2.45, 2.75) is 31.7 Å². The molecule has 0 saturated heterocycles. The summed E-state index contributed by atoms with van der Waals surface area (Å²) >= 11 is 0. The Balaban J connectivity index is 1.41. The zero-order valence-electron chi connectivity index (χ0n) is 16.1.